The first kappa shape index (κ1) is 16.8. The molecule has 136 valence electrons. The molecule has 1 N–H and O–H groups in total. The molecule has 0 radical (unpaired) electrons. The summed E-state index contributed by atoms with van der Waals surface area (Å²) < 4.78 is 4.47. The minimum Gasteiger partial charge on any atom is -0.508 e. The van der Waals surface area contributed by atoms with Crippen molar-refractivity contribution in [2.75, 3.05) is 0 Å². The molecule has 0 aliphatic carbocycles. The van der Waals surface area contributed by atoms with Crippen LogP contribution >= 0.6 is 15.9 Å². The lowest BCUT2D eigenvalue weighted by Gasteiger charge is -2.05. The highest BCUT2D eigenvalue weighted by Crippen LogP contribution is 2.26. The number of hydrogen-bond acceptors (Lipinski definition) is 3. The van der Waals surface area contributed by atoms with Crippen LogP contribution in [-0.4, -0.2) is 19.1 Å². The van der Waals surface area contributed by atoms with E-state index < -0.39 is 0 Å². The molecule has 0 atom stereocenters. The fourth-order valence-electron chi connectivity index (χ4n) is 3.37. The van der Waals surface area contributed by atoms with E-state index in [1.165, 1.54) is 0 Å². The van der Waals surface area contributed by atoms with Crippen LogP contribution in [-0.2, 0) is 0 Å². The van der Waals surface area contributed by atoms with Gasteiger partial charge in [0.05, 0.1) is 16.6 Å². The maximum Gasteiger partial charge on any atom is 0.267 e. The molecule has 0 fully saturated rings. The fourth-order valence-corrected chi connectivity index (χ4v) is 3.63. The van der Waals surface area contributed by atoms with Crippen LogP contribution in [0.1, 0.15) is 0 Å². The maximum atomic E-state index is 13.3. The van der Waals surface area contributed by atoms with Crippen molar-refractivity contribution >= 4 is 32.6 Å². The predicted molar refractivity (Wildman–Crippen MR) is 113 cm³/mol. The van der Waals surface area contributed by atoms with Crippen LogP contribution in [0, 0.1) is 0 Å². The first-order chi connectivity index (χ1) is 13.6. The van der Waals surface area contributed by atoms with Gasteiger partial charge < -0.3 is 5.11 Å². The molecule has 2 heterocycles. The number of rotatable bonds is 2. The number of nitrogens with zero attached hydrogens (tertiary/aromatic N) is 3. The van der Waals surface area contributed by atoms with E-state index in [-0.39, 0.29) is 11.3 Å². The van der Waals surface area contributed by atoms with Crippen molar-refractivity contribution in [3.8, 4) is 22.7 Å². The first-order valence-corrected chi connectivity index (χ1v) is 9.49. The van der Waals surface area contributed by atoms with E-state index in [0.717, 1.165) is 21.4 Å². The third kappa shape index (κ3) is 2.61. The number of fused-ring (bicyclic) bond motifs is 2. The summed E-state index contributed by atoms with van der Waals surface area (Å²) in [6.45, 7) is 0. The molecule has 0 amide bonds. The van der Waals surface area contributed by atoms with Gasteiger partial charge in [0.25, 0.3) is 5.56 Å². The van der Waals surface area contributed by atoms with Crippen molar-refractivity contribution in [2.45, 2.75) is 0 Å². The number of para-hydroxylation sites is 1. The Kier molecular flexibility index (Phi) is 3.80. The number of imidazole rings is 1. The van der Waals surface area contributed by atoms with E-state index in [1.807, 2.05) is 53.2 Å². The number of benzene rings is 3. The molecule has 0 unspecified atom stereocenters. The van der Waals surface area contributed by atoms with Crippen molar-refractivity contribution in [2.24, 2.45) is 0 Å². The third-order valence-corrected chi connectivity index (χ3v) is 5.26. The van der Waals surface area contributed by atoms with Crippen molar-refractivity contribution < 1.29 is 5.11 Å². The van der Waals surface area contributed by atoms with Crippen molar-refractivity contribution in [3.63, 3.8) is 0 Å². The molecule has 0 aliphatic heterocycles. The third-order valence-electron chi connectivity index (χ3n) is 4.73. The molecule has 3 aromatic carbocycles. The Labute approximate surface area is 168 Å². The van der Waals surface area contributed by atoms with E-state index >= 15 is 0 Å². The smallest absolute Gasteiger partial charge is 0.267 e. The van der Waals surface area contributed by atoms with E-state index in [9.17, 15) is 9.90 Å². The van der Waals surface area contributed by atoms with Crippen molar-refractivity contribution in [1.29, 1.82) is 0 Å². The average molecular weight is 432 g/mol. The van der Waals surface area contributed by atoms with Crippen LogP contribution in [0.15, 0.2) is 88.3 Å². The molecule has 0 spiro atoms. The van der Waals surface area contributed by atoms with Crippen molar-refractivity contribution in [1.82, 2.24) is 14.0 Å². The second-order valence-corrected chi connectivity index (χ2v) is 7.39. The van der Waals surface area contributed by atoms with Crippen LogP contribution in [0.25, 0.3) is 33.6 Å². The molecule has 0 saturated heterocycles. The maximum absolute atomic E-state index is 13.3. The van der Waals surface area contributed by atoms with Crippen LogP contribution in [0.4, 0.5) is 0 Å². The van der Waals surface area contributed by atoms with Gasteiger partial charge in [-0.1, -0.05) is 40.2 Å². The summed E-state index contributed by atoms with van der Waals surface area (Å²) >= 11 is 3.45. The topological polar surface area (TPSA) is 59.5 Å². The van der Waals surface area contributed by atoms with Crippen LogP contribution in [0.2, 0.25) is 0 Å². The highest BCUT2D eigenvalue weighted by Gasteiger charge is 2.16. The SMILES string of the molecule is O=c1c2ccccc2nc2n(-c3ccc(O)cc3)cc(-c3ccc(Br)cc3)n12. The molecule has 5 rings (SSSR count). The van der Waals surface area contributed by atoms with Gasteiger partial charge in [-0.05, 0) is 48.5 Å². The molecule has 28 heavy (non-hydrogen) atoms. The van der Waals surface area contributed by atoms with E-state index in [2.05, 4.69) is 15.9 Å². The highest BCUT2D eigenvalue weighted by molar-refractivity contribution is 9.10. The Bertz CT molecular complexity index is 1380. The quantitative estimate of drug-likeness (QED) is 0.437. The number of hydrogen-bond donors (Lipinski definition) is 1. The Morgan fingerprint density at radius 1 is 0.893 bits per heavy atom. The largest absolute Gasteiger partial charge is 0.508 e. The Morgan fingerprint density at radius 2 is 1.61 bits per heavy atom. The number of aromatic nitrogens is 3. The van der Waals surface area contributed by atoms with Gasteiger partial charge >= 0.3 is 0 Å². The van der Waals surface area contributed by atoms with Gasteiger partial charge in [0.1, 0.15) is 5.75 Å². The Balaban J connectivity index is 1.91. The summed E-state index contributed by atoms with van der Waals surface area (Å²) in [5.41, 5.74) is 2.99. The normalized spacial score (nSPS) is 11.3. The minimum atomic E-state index is -0.115. The van der Waals surface area contributed by atoms with Gasteiger partial charge in [0.2, 0.25) is 5.78 Å². The van der Waals surface area contributed by atoms with Gasteiger partial charge in [0.15, 0.2) is 0 Å². The molecule has 0 saturated carbocycles. The Hall–Kier alpha value is -3.38. The lowest BCUT2D eigenvalue weighted by Crippen LogP contribution is -2.16. The summed E-state index contributed by atoms with van der Waals surface area (Å²) in [6, 6.07) is 22.0. The second-order valence-electron chi connectivity index (χ2n) is 6.48. The fraction of sp³-hybridized carbons (Fsp3) is 0. The molecular weight excluding hydrogens is 418 g/mol. The van der Waals surface area contributed by atoms with Gasteiger partial charge in [-0.2, -0.15) is 0 Å². The van der Waals surface area contributed by atoms with Crippen molar-refractivity contribution in [3.05, 3.63) is 93.8 Å². The van der Waals surface area contributed by atoms with E-state index in [0.29, 0.717) is 16.7 Å². The monoisotopic (exact) mass is 431 g/mol. The summed E-state index contributed by atoms with van der Waals surface area (Å²) in [5, 5.41) is 10.2. The lowest BCUT2D eigenvalue weighted by molar-refractivity contribution is 0.475. The molecule has 6 heteroatoms. The average Bonchev–Trinajstić information content (AvgIpc) is 3.09. The van der Waals surface area contributed by atoms with Crippen LogP contribution in [0.5, 0.6) is 5.75 Å². The predicted octanol–water partition coefficient (Wildman–Crippen LogP) is 4.77. The first-order valence-electron chi connectivity index (χ1n) is 8.70. The standard InChI is InChI=1S/C22H14BrN3O2/c23-15-7-5-14(6-8-15)20-13-25(16-9-11-17(27)12-10-16)22-24-19-4-2-1-3-18(19)21(28)26(20)22/h1-13,27H. The molecular formula is C22H14BrN3O2. The molecule has 2 aromatic heterocycles. The number of aromatic hydroxyl groups is 1. The van der Waals surface area contributed by atoms with Gasteiger partial charge in [-0.25, -0.2) is 9.38 Å². The molecule has 5 nitrogen and oxygen atoms in total. The van der Waals surface area contributed by atoms with Gasteiger partial charge in [-0.15, -0.1) is 0 Å². The van der Waals surface area contributed by atoms with Crippen LogP contribution in [0.3, 0.4) is 0 Å². The van der Waals surface area contributed by atoms with Crippen LogP contribution < -0.4 is 5.56 Å². The van der Waals surface area contributed by atoms with Gasteiger partial charge in [0, 0.05) is 21.9 Å². The summed E-state index contributed by atoms with van der Waals surface area (Å²) in [5.74, 6) is 0.705. The Morgan fingerprint density at radius 3 is 2.36 bits per heavy atom. The molecule has 0 aliphatic rings. The highest BCUT2D eigenvalue weighted by atomic mass is 79.9. The zero-order valence-electron chi connectivity index (χ0n) is 14.6. The molecule has 0 bridgehead atoms. The lowest BCUT2D eigenvalue weighted by atomic mass is 10.1. The number of phenols is 1. The summed E-state index contributed by atoms with van der Waals surface area (Å²) in [4.78, 5) is 18.1. The summed E-state index contributed by atoms with van der Waals surface area (Å²) in [7, 11) is 0. The zero-order chi connectivity index (χ0) is 19.3. The zero-order valence-corrected chi connectivity index (χ0v) is 16.2. The second kappa shape index (κ2) is 6.35. The minimum absolute atomic E-state index is 0.115. The number of phenolic OH excluding ortho intramolecular Hbond substituents is 1. The number of halogens is 1. The van der Waals surface area contributed by atoms with E-state index in [4.69, 9.17) is 4.98 Å². The summed E-state index contributed by atoms with van der Waals surface area (Å²) in [6.07, 6.45) is 1.90. The van der Waals surface area contributed by atoms with Gasteiger partial charge in [-0.3, -0.25) is 9.36 Å². The molecule has 5 aromatic rings. The van der Waals surface area contributed by atoms with E-state index in [1.54, 1.807) is 34.7 Å².